The van der Waals surface area contributed by atoms with Gasteiger partial charge in [0.2, 0.25) is 0 Å². The number of carbonyl (C=O) groups is 1. The van der Waals surface area contributed by atoms with Gasteiger partial charge >= 0.3 is 0 Å². The molecule has 1 aromatic heterocycles. The number of aryl methyl sites for hydroxylation is 1. The predicted octanol–water partition coefficient (Wildman–Crippen LogP) is 3.80. The fraction of sp³-hybridized carbons (Fsp3) is 0.100. The topological polar surface area (TPSA) is 46.4 Å². The van der Waals surface area contributed by atoms with Crippen LogP contribution in [0.1, 0.15) is 28.4 Å². The fourth-order valence-corrected chi connectivity index (χ4v) is 2.45. The molecule has 1 amide bonds. The third kappa shape index (κ3) is 3.60. The number of carbonyl (C=O) groups excluding carboxylic acids is 1. The SMILES string of the molecule is CCc1ccc(/C=N/NC(=O)c2ccccc2-n2cccc2)cc1. The van der Waals surface area contributed by atoms with Crippen LogP contribution in [0.2, 0.25) is 0 Å². The fourth-order valence-electron chi connectivity index (χ4n) is 2.45. The van der Waals surface area contributed by atoms with Crippen LogP contribution in [0.25, 0.3) is 5.69 Å². The maximum atomic E-state index is 12.4. The molecule has 0 fully saturated rings. The summed E-state index contributed by atoms with van der Waals surface area (Å²) in [5.41, 5.74) is 6.22. The minimum absolute atomic E-state index is 0.235. The second-order valence-corrected chi connectivity index (χ2v) is 5.40. The Labute approximate surface area is 141 Å². The number of hydrogen-bond donors (Lipinski definition) is 1. The van der Waals surface area contributed by atoms with E-state index in [2.05, 4.69) is 29.6 Å². The Hall–Kier alpha value is -3.14. The van der Waals surface area contributed by atoms with Gasteiger partial charge in [0.25, 0.3) is 5.91 Å². The van der Waals surface area contributed by atoms with Gasteiger partial charge in [-0.3, -0.25) is 4.79 Å². The van der Waals surface area contributed by atoms with Crippen LogP contribution in [-0.2, 0) is 6.42 Å². The van der Waals surface area contributed by atoms with E-state index < -0.39 is 0 Å². The Bertz CT molecular complexity index is 834. The van der Waals surface area contributed by atoms with Gasteiger partial charge in [-0.1, -0.05) is 43.3 Å². The summed E-state index contributed by atoms with van der Waals surface area (Å²) in [5, 5.41) is 4.06. The molecule has 0 bridgehead atoms. The molecule has 0 unspecified atom stereocenters. The van der Waals surface area contributed by atoms with Crippen LogP contribution < -0.4 is 5.43 Å². The van der Waals surface area contributed by atoms with Gasteiger partial charge in [0.1, 0.15) is 0 Å². The van der Waals surface area contributed by atoms with Crippen molar-refractivity contribution in [2.75, 3.05) is 0 Å². The van der Waals surface area contributed by atoms with Crippen molar-refractivity contribution in [2.24, 2.45) is 5.10 Å². The number of nitrogens with zero attached hydrogens (tertiary/aromatic N) is 2. The molecular formula is C20H19N3O. The average molecular weight is 317 g/mol. The minimum atomic E-state index is -0.235. The van der Waals surface area contributed by atoms with Crippen LogP contribution in [0.5, 0.6) is 0 Å². The third-order valence-electron chi connectivity index (χ3n) is 3.80. The number of amides is 1. The largest absolute Gasteiger partial charge is 0.323 e. The average Bonchev–Trinajstić information content (AvgIpc) is 3.17. The Balaban J connectivity index is 1.72. The minimum Gasteiger partial charge on any atom is -0.323 e. The lowest BCUT2D eigenvalue weighted by Gasteiger charge is -2.09. The monoisotopic (exact) mass is 317 g/mol. The number of hydrazone groups is 1. The van der Waals surface area contributed by atoms with E-state index in [1.54, 1.807) is 12.3 Å². The summed E-state index contributed by atoms with van der Waals surface area (Å²) < 4.78 is 1.90. The van der Waals surface area contributed by atoms with Gasteiger partial charge in [-0.2, -0.15) is 5.10 Å². The smallest absolute Gasteiger partial charge is 0.273 e. The number of rotatable bonds is 5. The lowest BCUT2D eigenvalue weighted by Crippen LogP contribution is -2.19. The van der Waals surface area contributed by atoms with E-state index in [0.29, 0.717) is 5.56 Å². The number of nitrogens with one attached hydrogen (secondary N) is 1. The molecule has 1 heterocycles. The van der Waals surface area contributed by atoms with Crippen LogP contribution in [0.15, 0.2) is 78.2 Å². The summed E-state index contributed by atoms with van der Waals surface area (Å²) in [6, 6.07) is 19.4. The lowest BCUT2D eigenvalue weighted by atomic mass is 10.1. The van der Waals surface area contributed by atoms with Crippen LogP contribution in [0.4, 0.5) is 0 Å². The Morgan fingerprint density at radius 1 is 1.04 bits per heavy atom. The highest BCUT2D eigenvalue weighted by Crippen LogP contribution is 2.14. The molecule has 1 N–H and O–H groups in total. The van der Waals surface area contributed by atoms with Crippen molar-refractivity contribution in [2.45, 2.75) is 13.3 Å². The standard InChI is InChI=1S/C20H19N3O/c1-2-16-9-11-17(12-10-16)15-21-22-20(24)18-7-3-4-8-19(18)23-13-5-6-14-23/h3-15H,2H2,1H3,(H,22,24)/b21-15+. The molecule has 0 atom stereocenters. The first-order valence-electron chi connectivity index (χ1n) is 7.92. The number of para-hydroxylation sites is 1. The summed E-state index contributed by atoms with van der Waals surface area (Å²) in [4.78, 5) is 12.4. The maximum absolute atomic E-state index is 12.4. The van der Waals surface area contributed by atoms with Gasteiger partial charge in [-0.25, -0.2) is 5.43 Å². The first kappa shape index (κ1) is 15.7. The molecule has 0 spiro atoms. The first-order valence-corrected chi connectivity index (χ1v) is 7.92. The predicted molar refractivity (Wildman–Crippen MR) is 96.6 cm³/mol. The van der Waals surface area contributed by atoms with Crippen LogP contribution in [-0.4, -0.2) is 16.7 Å². The van der Waals surface area contributed by atoms with E-state index in [0.717, 1.165) is 17.7 Å². The molecule has 24 heavy (non-hydrogen) atoms. The normalized spacial score (nSPS) is 10.9. The van der Waals surface area contributed by atoms with E-state index in [4.69, 9.17) is 0 Å². The van der Waals surface area contributed by atoms with Crippen molar-refractivity contribution in [1.82, 2.24) is 9.99 Å². The molecule has 0 aliphatic rings. The van der Waals surface area contributed by atoms with Gasteiger partial charge < -0.3 is 4.57 Å². The molecule has 0 saturated heterocycles. The van der Waals surface area contributed by atoms with Gasteiger partial charge in [-0.15, -0.1) is 0 Å². The van der Waals surface area contributed by atoms with E-state index in [-0.39, 0.29) is 5.91 Å². The van der Waals surface area contributed by atoms with Crippen molar-refractivity contribution in [3.8, 4) is 5.69 Å². The lowest BCUT2D eigenvalue weighted by molar-refractivity contribution is 0.0955. The molecule has 3 rings (SSSR count). The van der Waals surface area contributed by atoms with E-state index in [1.807, 2.05) is 59.4 Å². The maximum Gasteiger partial charge on any atom is 0.273 e. The number of aromatic nitrogens is 1. The molecule has 3 aromatic rings. The van der Waals surface area contributed by atoms with E-state index in [1.165, 1.54) is 5.56 Å². The molecule has 2 aromatic carbocycles. The second kappa shape index (κ2) is 7.42. The van der Waals surface area contributed by atoms with Crippen molar-refractivity contribution in [1.29, 1.82) is 0 Å². The van der Waals surface area contributed by atoms with Crippen LogP contribution in [0, 0.1) is 0 Å². The number of hydrogen-bond acceptors (Lipinski definition) is 2. The van der Waals surface area contributed by atoms with Gasteiger partial charge in [0.05, 0.1) is 17.5 Å². The highest BCUT2D eigenvalue weighted by molar-refractivity contribution is 5.98. The number of benzene rings is 2. The van der Waals surface area contributed by atoms with Crippen molar-refractivity contribution < 1.29 is 4.79 Å². The molecule has 0 radical (unpaired) electrons. The molecule has 120 valence electrons. The zero-order valence-electron chi connectivity index (χ0n) is 13.5. The Morgan fingerprint density at radius 3 is 2.46 bits per heavy atom. The highest BCUT2D eigenvalue weighted by Gasteiger charge is 2.10. The van der Waals surface area contributed by atoms with Crippen molar-refractivity contribution >= 4 is 12.1 Å². The van der Waals surface area contributed by atoms with Crippen LogP contribution in [0.3, 0.4) is 0 Å². The molecule has 0 aliphatic carbocycles. The van der Waals surface area contributed by atoms with E-state index >= 15 is 0 Å². The summed E-state index contributed by atoms with van der Waals surface area (Å²) in [5.74, 6) is -0.235. The quantitative estimate of drug-likeness (QED) is 0.564. The zero-order valence-corrected chi connectivity index (χ0v) is 13.5. The third-order valence-corrected chi connectivity index (χ3v) is 3.80. The van der Waals surface area contributed by atoms with Gasteiger partial charge in [0, 0.05) is 12.4 Å². The van der Waals surface area contributed by atoms with Gasteiger partial charge in [-0.05, 0) is 41.8 Å². The zero-order chi connectivity index (χ0) is 16.8. The molecule has 4 heteroatoms. The summed E-state index contributed by atoms with van der Waals surface area (Å²) in [7, 11) is 0. The van der Waals surface area contributed by atoms with Gasteiger partial charge in [0.15, 0.2) is 0 Å². The first-order chi connectivity index (χ1) is 11.8. The van der Waals surface area contributed by atoms with E-state index in [9.17, 15) is 4.79 Å². The van der Waals surface area contributed by atoms with Crippen LogP contribution >= 0.6 is 0 Å². The molecule has 4 nitrogen and oxygen atoms in total. The highest BCUT2D eigenvalue weighted by atomic mass is 16.2. The summed E-state index contributed by atoms with van der Waals surface area (Å²) >= 11 is 0. The summed E-state index contributed by atoms with van der Waals surface area (Å²) in [6.07, 6.45) is 6.47. The Morgan fingerprint density at radius 2 is 1.75 bits per heavy atom. The van der Waals surface area contributed by atoms with Crippen molar-refractivity contribution in [3.63, 3.8) is 0 Å². The second-order valence-electron chi connectivity index (χ2n) is 5.40. The molecule has 0 aliphatic heterocycles. The summed E-state index contributed by atoms with van der Waals surface area (Å²) in [6.45, 7) is 2.12. The Kier molecular flexibility index (Phi) is 4.87. The molecule has 0 saturated carbocycles. The van der Waals surface area contributed by atoms with Crippen molar-refractivity contribution in [3.05, 3.63) is 89.7 Å². The molecular weight excluding hydrogens is 298 g/mol.